The Labute approximate surface area is 118 Å². The van der Waals surface area contributed by atoms with Crippen LogP contribution >= 0.6 is 0 Å². The average Bonchev–Trinajstić information content (AvgIpc) is 2.40. The lowest BCUT2D eigenvalue weighted by Gasteiger charge is -2.37. The summed E-state index contributed by atoms with van der Waals surface area (Å²) in [5, 5.41) is 0. The van der Waals surface area contributed by atoms with Crippen LogP contribution in [-0.4, -0.2) is 36.1 Å². The van der Waals surface area contributed by atoms with Crippen LogP contribution in [0, 0.1) is 0 Å². The summed E-state index contributed by atoms with van der Waals surface area (Å²) in [5.41, 5.74) is 8.69. The van der Waals surface area contributed by atoms with E-state index in [1.54, 1.807) is 0 Å². The number of nitrogens with zero attached hydrogens (tertiary/aromatic N) is 2. The fraction of sp³-hybridized carbons (Fsp3) is 0.625. The maximum Gasteiger partial charge on any atom is 0.100 e. The van der Waals surface area contributed by atoms with Gasteiger partial charge in [0.15, 0.2) is 0 Å². The van der Waals surface area contributed by atoms with Crippen LogP contribution in [-0.2, 0) is 0 Å². The van der Waals surface area contributed by atoms with E-state index in [0.29, 0.717) is 6.04 Å². The molecule has 0 aromatic rings. The van der Waals surface area contributed by atoms with Crippen LogP contribution in [0.25, 0.3) is 0 Å². The fourth-order valence-corrected chi connectivity index (χ4v) is 2.56. The first kappa shape index (κ1) is 15.8. The molecule has 0 aromatic heterocycles. The first-order valence-corrected chi connectivity index (χ1v) is 7.23. The average molecular weight is 263 g/mol. The van der Waals surface area contributed by atoms with Crippen molar-refractivity contribution in [1.29, 1.82) is 0 Å². The molecule has 1 rings (SSSR count). The van der Waals surface area contributed by atoms with E-state index in [4.69, 9.17) is 5.73 Å². The molecule has 19 heavy (non-hydrogen) atoms. The lowest BCUT2D eigenvalue weighted by atomic mass is 10.0. The van der Waals surface area contributed by atoms with Gasteiger partial charge in [-0.3, -0.25) is 0 Å². The number of hydrogen-bond acceptors (Lipinski definition) is 3. The van der Waals surface area contributed by atoms with Gasteiger partial charge in [0.1, 0.15) is 6.17 Å². The molecule has 0 fully saturated rings. The minimum Gasteiger partial charge on any atom is -0.371 e. The molecule has 0 amide bonds. The maximum atomic E-state index is 6.19. The number of unbranched alkanes of at least 4 members (excludes halogenated alkanes) is 1. The highest BCUT2D eigenvalue weighted by Gasteiger charge is 2.22. The summed E-state index contributed by atoms with van der Waals surface area (Å²) >= 11 is 0. The van der Waals surface area contributed by atoms with Crippen LogP contribution in [0.3, 0.4) is 0 Å². The molecule has 1 aliphatic rings. The van der Waals surface area contributed by atoms with E-state index < -0.39 is 0 Å². The van der Waals surface area contributed by atoms with Crippen LogP contribution < -0.4 is 5.73 Å². The Kier molecular flexibility index (Phi) is 6.16. The molecule has 2 atom stereocenters. The summed E-state index contributed by atoms with van der Waals surface area (Å²) in [5.74, 6) is 0. The van der Waals surface area contributed by atoms with Crippen molar-refractivity contribution in [2.24, 2.45) is 5.73 Å². The zero-order valence-electron chi connectivity index (χ0n) is 12.9. The van der Waals surface area contributed by atoms with Gasteiger partial charge in [-0.05, 0) is 31.4 Å². The summed E-state index contributed by atoms with van der Waals surface area (Å²) in [6, 6.07) is 0.516. The van der Waals surface area contributed by atoms with E-state index in [9.17, 15) is 0 Å². The molecule has 0 aromatic carbocycles. The van der Waals surface area contributed by atoms with Gasteiger partial charge in [-0.1, -0.05) is 25.8 Å². The Balaban J connectivity index is 2.86. The second-order valence-corrected chi connectivity index (χ2v) is 5.43. The summed E-state index contributed by atoms with van der Waals surface area (Å²) < 4.78 is 0. The largest absolute Gasteiger partial charge is 0.371 e. The van der Waals surface area contributed by atoms with E-state index in [1.165, 1.54) is 30.5 Å². The zero-order chi connectivity index (χ0) is 14.4. The molecular weight excluding hydrogens is 234 g/mol. The van der Waals surface area contributed by atoms with E-state index in [-0.39, 0.29) is 6.17 Å². The minimum absolute atomic E-state index is 0.0157. The first-order chi connectivity index (χ1) is 9.02. The maximum absolute atomic E-state index is 6.19. The van der Waals surface area contributed by atoms with Gasteiger partial charge < -0.3 is 15.5 Å². The topological polar surface area (TPSA) is 32.5 Å². The third-order valence-electron chi connectivity index (χ3n) is 4.01. The van der Waals surface area contributed by atoms with Crippen molar-refractivity contribution >= 4 is 0 Å². The third-order valence-corrected chi connectivity index (χ3v) is 4.01. The van der Waals surface area contributed by atoms with E-state index in [1.807, 2.05) is 18.0 Å². The Morgan fingerprint density at radius 3 is 2.84 bits per heavy atom. The Morgan fingerprint density at radius 1 is 1.58 bits per heavy atom. The molecule has 2 N–H and O–H groups in total. The molecule has 1 heterocycles. The molecule has 2 unspecified atom stereocenters. The summed E-state index contributed by atoms with van der Waals surface area (Å²) in [6.07, 6.45) is 10.9. The van der Waals surface area contributed by atoms with Crippen LogP contribution in [0.5, 0.6) is 0 Å². The number of nitrogens with two attached hydrogens (primary N) is 1. The van der Waals surface area contributed by atoms with Crippen LogP contribution in [0.1, 0.15) is 39.5 Å². The molecule has 3 heteroatoms. The van der Waals surface area contributed by atoms with E-state index in [2.05, 4.69) is 44.6 Å². The highest BCUT2D eigenvalue weighted by molar-refractivity contribution is 5.30. The molecule has 0 saturated carbocycles. The Bertz CT molecular complexity index is 357. The molecule has 3 nitrogen and oxygen atoms in total. The summed E-state index contributed by atoms with van der Waals surface area (Å²) in [6.45, 7) is 8.25. The lowest BCUT2D eigenvalue weighted by molar-refractivity contribution is 0.273. The van der Waals surface area contributed by atoms with Crippen LogP contribution in [0.15, 0.2) is 36.2 Å². The van der Waals surface area contributed by atoms with Gasteiger partial charge in [-0.25, -0.2) is 0 Å². The molecule has 108 valence electrons. The molecule has 0 bridgehead atoms. The molecule has 1 aliphatic heterocycles. The highest BCUT2D eigenvalue weighted by atomic mass is 15.2. The third kappa shape index (κ3) is 3.87. The Morgan fingerprint density at radius 2 is 2.26 bits per heavy atom. The number of hydrogen-bond donors (Lipinski definition) is 1. The van der Waals surface area contributed by atoms with Crippen LogP contribution in [0.2, 0.25) is 0 Å². The van der Waals surface area contributed by atoms with Crippen molar-refractivity contribution in [2.75, 3.05) is 14.1 Å². The smallest absolute Gasteiger partial charge is 0.100 e. The van der Waals surface area contributed by atoms with E-state index >= 15 is 0 Å². The number of rotatable bonds is 7. The van der Waals surface area contributed by atoms with Gasteiger partial charge in [0.25, 0.3) is 0 Å². The van der Waals surface area contributed by atoms with E-state index in [0.717, 1.165) is 6.42 Å². The van der Waals surface area contributed by atoms with Crippen LogP contribution in [0.4, 0.5) is 0 Å². The molecule has 0 spiro atoms. The normalized spacial score (nSPS) is 20.7. The molecule has 0 radical (unpaired) electrons. The summed E-state index contributed by atoms with van der Waals surface area (Å²) in [4.78, 5) is 4.41. The van der Waals surface area contributed by atoms with Crippen molar-refractivity contribution in [3.05, 3.63) is 36.2 Å². The van der Waals surface area contributed by atoms with Crippen molar-refractivity contribution in [3.8, 4) is 0 Å². The molecule has 0 aliphatic carbocycles. The van der Waals surface area contributed by atoms with Gasteiger partial charge in [-0.15, -0.1) is 6.58 Å². The van der Waals surface area contributed by atoms with Gasteiger partial charge in [0.2, 0.25) is 0 Å². The quantitative estimate of drug-likeness (QED) is 0.717. The van der Waals surface area contributed by atoms with Gasteiger partial charge in [0, 0.05) is 32.0 Å². The predicted octanol–water partition coefficient (Wildman–Crippen LogP) is 3.07. The fourth-order valence-electron chi connectivity index (χ4n) is 2.56. The van der Waals surface area contributed by atoms with Gasteiger partial charge in [-0.2, -0.15) is 0 Å². The zero-order valence-corrected chi connectivity index (χ0v) is 12.9. The standard InChI is InChI=1S/C16H29N3/c1-6-8-10-14(9-7-2)19(5)15-11-12-18(4)16(17)13(15)3/h7,11-12,14,16H,2,6,8-10,17H2,1,3-5H3. The van der Waals surface area contributed by atoms with Crippen molar-refractivity contribution in [3.63, 3.8) is 0 Å². The minimum atomic E-state index is -0.0157. The highest BCUT2D eigenvalue weighted by Crippen LogP contribution is 2.24. The second-order valence-electron chi connectivity index (χ2n) is 5.43. The van der Waals surface area contributed by atoms with Crippen molar-refractivity contribution in [1.82, 2.24) is 9.80 Å². The second kappa shape index (κ2) is 7.39. The number of allylic oxidation sites excluding steroid dienone is 1. The van der Waals surface area contributed by atoms with Crippen molar-refractivity contribution < 1.29 is 0 Å². The monoisotopic (exact) mass is 263 g/mol. The lowest BCUT2D eigenvalue weighted by Crippen LogP contribution is -2.42. The van der Waals surface area contributed by atoms with Gasteiger partial charge >= 0.3 is 0 Å². The SMILES string of the molecule is C=CCC(CCCC)N(C)C1=C(C)C(N)N(C)C=C1. The molecular formula is C16H29N3. The Hall–Kier alpha value is -1.22. The van der Waals surface area contributed by atoms with Crippen molar-refractivity contribution in [2.45, 2.75) is 51.7 Å². The number of likely N-dealkylation sites (N-methyl/N-ethyl adjacent to an activating group) is 2. The summed E-state index contributed by atoms with van der Waals surface area (Å²) in [7, 11) is 4.19. The predicted molar refractivity (Wildman–Crippen MR) is 83.5 cm³/mol. The molecule has 0 saturated heterocycles. The van der Waals surface area contributed by atoms with Gasteiger partial charge in [0.05, 0.1) is 0 Å². The first-order valence-electron chi connectivity index (χ1n) is 7.23.